The van der Waals surface area contributed by atoms with Crippen LogP contribution in [0, 0.1) is 16.0 Å². The standard InChI is InChI=1S/C8H9NO4/c1-5(2)8(10)6-3-7(9(11)12)13-4-6/h3-5H,1-2H3. The number of carbonyl (C=O) groups excluding carboxylic acids is 1. The molecule has 13 heavy (non-hydrogen) atoms. The molecule has 1 heterocycles. The molecule has 0 atom stereocenters. The van der Waals surface area contributed by atoms with E-state index in [9.17, 15) is 14.9 Å². The largest absolute Gasteiger partial charge is 0.433 e. The fourth-order valence-electron chi connectivity index (χ4n) is 0.883. The van der Waals surface area contributed by atoms with Crippen LogP contribution in [0.5, 0.6) is 0 Å². The summed E-state index contributed by atoms with van der Waals surface area (Å²) in [6.45, 7) is 3.45. The first kappa shape index (κ1) is 9.44. The van der Waals surface area contributed by atoms with Gasteiger partial charge < -0.3 is 4.42 Å². The maximum atomic E-state index is 11.3. The van der Waals surface area contributed by atoms with E-state index < -0.39 is 10.8 Å². The van der Waals surface area contributed by atoms with Crippen molar-refractivity contribution in [2.45, 2.75) is 13.8 Å². The van der Waals surface area contributed by atoms with Crippen LogP contribution in [0.2, 0.25) is 0 Å². The molecule has 70 valence electrons. The van der Waals surface area contributed by atoms with Crippen LogP contribution in [0.1, 0.15) is 24.2 Å². The Hall–Kier alpha value is -1.65. The Morgan fingerprint density at radius 1 is 1.62 bits per heavy atom. The molecule has 0 aliphatic rings. The molecular weight excluding hydrogens is 174 g/mol. The summed E-state index contributed by atoms with van der Waals surface area (Å²) in [4.78, 5) is 20.8. The van der Waals surface area contributed by atoms with Gasteiger partial charge in [-0.3, -0.25) is 14.9 Å². The van der Waals surface area contributed by atoms with Gasteiger partial charge in [-0.05, 0) is 0 Å². The number of Topliss-reactive ketones (excluding diaryl/α,β-unsaturated/α-hetero) is 1. The predicted molar refractivity (Wildman–Crippen MR) is 44.5 cm³/mol. The molecule has 0 bridgehead atoms. The minimum Gasteiger partial charge on any atom is -0.408 e. The molecule has 0 unspecified atom stereocenters. The van der Waals surface area contributed by atoms with E-state index in [2.05, 4.69) is 4.42 Å². The highest BCUT2D eigenvalue weighted by Crippen LogP contribution is 2.18. The third-order valence-electron chi connectivity index (χ3n) is 1.57. The van der Waals surface area contributed by atoms with Gasteiger partial charge in [-0.15, -0.1) is 0 Å². The number of ketones is 1. The van der Waals surface area contributed by atoms with E-state index >= 15 is 0 Å². The minimum absolute atomic E-state index is 0.156. The molecule has 0 amide bonds. The van der Waals surface area contributed by atoms with Crippen molar-refractivity contribution in [3.8, 4) is 0 Å². The van der Waals surface area contributed by atoms with Crippen LogP contribution in [0.15, 0.2) is 16.7 Å². The number of hydrogen-bond donors (Lipinski definition) is 0. The Kier molecular flexibility index (Phi) is 2.46. The highest BCUT2D eigenvalue weighted by molar-refractivity contribution is 5.97. The predicted octanol–water partition coefficient (Wildman–Crippen LogP) is 2.03. The van der Waals surface area contributed by atoms with Crippen molar-refractivity contribution in [3.63, 3.8) is 0 Å². The van der Waals surface area contributed by atoms with E-state index in [0.29, 0.717) is 0 Å². The zero-order valence-corrected chi connectivity index (χ0v) is 7.31. The Balaban J connectivity index is 2.92. The molecular formula is C8H9NO4. The Bertz CT molecular complexity index is 340. The molecule has 0 radical (unpaired) electrons. The van der Waals surface area contributed by atoms with Crippen LogP contribution in [-0.4, -0.2) is 10.7 Å². The first-order chi connectivity index (χ1) is 6.02. The average molecular weight is 183 g/mol. The molecule has 1 aromatic rings. The zero-order chi connectivity index (χ0) is 10.0. The van der Waals surface area contributed by atoms with Crippen LogP contribution in [0.3, 0.4) is 0 Å². The third kappa shape index (κ3) is 1.93. The van der Waals surface area contributed by atoms with E-state index in [4.69, 9.17) is 0 Å². The molecule has 1 rings (SSSR count). The van der Waals surface area contributed by atoms with Crippen molar-refractivity contribution in [2.75, 3.05) is 0 Å². The fourth-order valence-corrected chi connectivity index (χ4v) is 0.883. The lowest BCUT2D eigenvalue weighted by Gasteiger charge is -1.97. The smallest absolute Gasteiger partial charge is 0.408 e. The lowest BCUT2D eigenvalue weighted by atomic mass is 10.0. The van der Waals surface area contributed by atoms with E-state index in [-0.39, 0.29) is 17.3 Å². The third-order valence-corrected chi connectivity index (χ3v) is 1.57. The van der Waals surface area contributed by atoms with E-state index in [1.165, 1.54) is 0 Å². The molecule has 0 fully saturated rings. The first-order valence-corrected chi connectivity index (χ1v) is 3.79. The molecule has 0 aliphatic carbocycles. The number of nitro groups is 1. The summed E-state index contributed by atoms with van der Waals surface area (Å²) in [5.74, 6) is -0.738. The van der Waals surface area contributed by atoms with Crippen molar-refractivity contribution in [1.29, 1.82) is 0 Å². The summed E-state index contributed by atoms with van der Waals surface area (Å²) < 4.78 is 4.58. The highest BCUT2D eigenvalue weighted by atomic mass is 16.6. The second-order valence-electron chi connectivity index (χ2n) is 2.95. The number of rotatable bonds is 3. The molecule has 0 aromatic carbocycles. The lowest BCUT2D eigenvalue weighted by molar-refractivity contribution is -0.402. The van der Waals surface area contributed by atoms with Crippen molar-refractivity contribution in [3.05, 3.63) is 28.0 Å². The second kappa shape index (κ2) is 3.38. The van der Waals surface area contributed by atoms with Gasteiger partial charge in [0.1, 0.15) is 11.2 Å². The minimum atomic E-state index is -0.670. The Labute approximate surface area is 74.5 Å². The highest BCUT2D eigenvalue weighted by Gasteiger charge is 2.18. The molecule has 5 nitrogen and oxygen atoms in total. The molecule has 0 saturated carbocycles. The first-order valence-electron chi connectivity index (χ1n) is 3.79. The fraction of sp³-hybridized carbons (Fsp3) is 0.375. The van der Waals surface area contributed by atoms with Gasteiger partial charge in [-0.1, -0.05) is 13.8 Å². The Morgan fingerprint density at radius 2 is 2.23 bits per heavy atom. The monoisotopic (exact) mass is 183 g/mol. The van der Waals surface area contributed by atoms with Crippen molar-refractivity contribution < 1.29 is 14.1 Å². The molecule has 5 heteroatoms. The van der Waals surface area contributed by atoms with Gasteiger partial charge in [-0.2, -0.15) is 0 Å². The summed E-state index contributed by atoms with van der Waals surface area (Å²) in [7, 11) is 0. The average Bonchev–Trinajstić information content (AvgIpc) is 2.50. The van der Waals surface area contributed by atoms with Gasteiger partial charge in [0.2, 0.25) is 0 Å². The van der Waals surface area contributed by atoms with Crippen molar-refractivity contribution in [1.82, 2.24) is 0 Å². The summed E-state index contributed by atoms with van der Waals surface area (Å²) in [5.41, 5.74) is 0.252. The van der Waals surface area contributed by atoms with Crippen LogP contribution in [0.25, 0.3) is 0 Å². The topological polar surface area (TPSA) is 73.3 Å². The van der Waals surface area contributed by atoms with Gasteiger partial charge in [0, 0.05) is 5.92 Å². The van der Waals surface area contributed by atoms with Crippen LogP contribution < -0.4 is 0 Å². The maximum Gasteiger partial charge on any atom is 0.433 e. The number of nitrogens with zero attached hydrogens (tertiary/aromatic N) is 1. The number of hydrogen-bond acceptors (Lipinski definition) is 4. The lowest BCUT2D eigenvalue weighted by Crippen LogP contribution is -2.05. The molecule has 0 aliphatic heterocycles. The van der Waals surface area contributed by atoms with E-state index in [1.54, 1.807) is 13.8 Å². The van der Waals surface area contributed by atoms with E-state index in [0.717, 1.165) is 12.3 Å². The van der Waals surface area contributed by atoms with Gasteiger partial charge in [0.25, 0.3) is 0 Å². The van der Waals surface area contributed by atoms with Gasteiger partial charge >= 0.3 is 5.88 Å². The van der Waals surface area contributed by atoms with Crippen LogP contribution in [-0.2, 0) is 0 Å². The molecule has 1 aromatic heterocycles. The maximum absolute atomic E-state index is 11.3. The van der Waals surface area contributed by atoms with Gasteiger partial charge in [0.15, 0.2) is 5.78 Å². The van der Waals surface area contributed by atoms with E-state index in [1.807, 2.05) is 0 Å². The summed E-state index contributed by atoms with van der Waals surface area (Å²) in [6, 6.07) is 1.14. The molecule has 0 spiro atoms. The molecule has 0 N–H and O–H groups in total. The summed E-state index contributed by atoms with van der Waals surface area (Å²) in [6.07, 6.45) is 1.11. The number of furan rings is 1. The SMILES string of the molecule is CC(C)C(=O)c1coc([N+](=O)[O-])c1. The Morgan fingerprint density at radius 3 is 2.62 bits per heavy atom. The normalized spacial score (nSPS) is 10.4. The van der Waals surface area contributed by atoms with Gasteiger partial charge in [-0.25, -0.2) is 0 Å². The van der Waals surface area contributed by atoms with Crippen molar-refractivity contribution in [2.24, 2.45) is 5.92 Å². The van der Waals surface area contributed by atoms with Crippen molar-refractivity contribution >= 4 is 11.7 Å². The zero-order valence-electron chi connectivity index (χ0n) is 7.31. The van der Waals surface area contributed by atoms with Crippen LogP contribution >= 0.6 is 0 Å². The van der Waals surface area contributed by atoms with Crippen LogP contribution in [0.4, 0.5) is 5.88 Å². The number of carbonyl (C=O) groups is 1. The second-order valence-corrected chi connectivity index (χ2v) is 2.95. The summed E-state index contributed by atoms with van der Waals surface area (Å²) >= 11 is 0. The quantitative estimate of drug-likeness (QED) is 0.408. The van der Waals surface area contributed by atoms with Gasteiger partial charge in [0.05, 0.1) is 11.6 Å². The molecule has 0 saturated heterocycles. The summed E-state index contributed by atoms with van der Waals surface area (Å²) in [5, 5.41) is 10.2.